The third kappa shape index (κ3) is 3.93. The molecular formula is C12H21NOS. The van der Waals surface area contributed by atoms with Crippen LogP contribution in [0.3, 0.4) is 0 Å². The highest BCUT2D eigenvalue weighted by atomic mass is 32.1. The monoisotopic (exact) mass is 227 g/mol. The molecule has 1 heterocycles. The van der Waals surface area contributed by atoms with Gasteiger partial charge in [-0.2, -0.15) is 0 Å². The van der Waals surface area contributed by atoms with Crippen LogP contribution in [0.15, 0.2) is 17.5 Å². The van der Waals surface area contributed by atoms with Crippen molar-refractivity contribution in [3.8, 4) is 0 Å². The highest BCUT2D eigenvalue weighted by Gasteiger charge is 2.19. The molecule has 1 N–H and O–H groups in total. The first-order chi connectivity index (χ1) is 7.31. The fourth-order valence-corrected chi connectivity index (χ4v) is 2.60. The van der Waals surface area contributed by atoms with Crippen LogP contribution in [0.2, 0.25) is 0 Å². The Bertz CT molecular complexity index is 248. The van der Waals surface area contributed by atoms with Crippen molar-refractivity contribution in [3.63, 3.8) is 0 Å². The lowest BCUT2D eigenvalue weighted by Crippen LogP contribution is -2.40. The molecule has 0 amide bonds. The third-order valence-corrected chi connectivity index (χ3v) is 3.60. The second-order valence-corrected chi connectivity index (χ2v) is 4.77. The Labute approximate surface area is 96.7 Å². The topological polar surface area (TPSA) is 21.3 Å². The minimum Gasteiger partial charge on any atom is -0.380 e. The molecule has 2 nitrogen and oxygen atoms in total. The quantitative estimate of drug-likeness (QED) is 0.773. The van der Waals surface area contributed by atoms with E-state index in [-0.39, 0.29) is 0 Å². The van der Waals surface area contributed by atoms with Crippen molar-refractivity contribution in [1.29, 1.82) is 0 Å². The molecule has 2 atom stereocenters. The molecule has 0 spiro atoms. The lowest BCUT2D eigenvalue weighted by molar-refractivity contribution is 0.0635. The summed E-state index contributed by atoms with van der Waals surface area (Å²) >= 11 is 1.82. The van der Waals surface area contributed by atoms with Gasteiger partial charge in [-0.05, 0) is 31.3 Å². The molecule has 0 aromatic carbocycles. The van der Waals surface area contributed by atoms with Gasteiger partial charge in [0.1, 0.15) is 0 Å². The molecule has 0 saturated heterocycles. The first kappa shape index (κ1) is 12.7. The van der Waals surface area contributed by atoms with E-state index in [4.69, 9.17) is 4.74 Å². The van der Waals surface area contributed by atoms with Gasteiger partial charge in [-0.1, -0.05) is 19.4 Å². The highest BCUT2D eigenvalue weighted by molar-refractivity contribution is 7.09. The van der Waals surface area contributed by atoms with E-state index in [1.54, 1.807) is 7.11 Å². The number of nitrogens with one attached hydrogen (secondary N) is 1. The number of ether oxygens (including phenoxy) is 1. The summed E-state index contributed by atoms with van der Waals surface area (Å²) < 4.78 is 5.53. The molecule has 3 heteroatoms. The number of methoxy groups -OCH3 is 1. The molecule has 1 aromatic rings. The van der Waals surface area contributed by atoms with E-state index < -0.39 is 0 Å². The van der Waals surface area contributed by atoms with Crippen molar-refractivity contribution in [3.05, 3.63) is 22.4 Å². The molecule has 86 valence electrons. The normalized spacial score (nSPS) is 15.1. The van der Waals surface area contributed by atoms with Crippen molar-refractivity contribution >= 4 is 11.3 Å². The van der Waals surface area contributed by atoms with Crippen LogP contribution < -0.4 is 5.32 Å². The van der Waals surface area contributed by atoms with Crippen LogP contribution in [-0.2, 0) is 11.2 Å². The molecule has 0 aliphatic heterocycles. The molecule has 0 radical (unpaired) electrons. The summed E-state index contributed by atoms with van der Waals surface area (Å²) in [7, 11) is 3.82. The molecular weight excluding hydrogens is 206 g/mol. The Kier molecular flexibility index (Phi) is 5.91. The number of thiophene rings is 1. The standard InChI is InChI=1S/C12H21NOS/c1-4-6-12(14-3)11(13-2)9-10-7-5-8-15-10/h5,7-8,11-13H,4,6,9H2,1-3H3. The second kappa shape index (κ2) is 6.99. The van der Waals surface area contributed by atoms with E-state index in [1.165, 1.54) is 11.3 Å². The lowest BCUT2D eigenvalue weighted by Gasteiger charge is -2.25. The van der Waals surface area contributed by atoms with Gasteiger partial charge in [-0.3, -0.25) is 0 Å². The maximum Gasteiger partial charge on any atom is 0.0727 e. The minimum atomic E-state index is 0.321. The molecule has 0 bridgehead atoms. The molecule has 2 unspecified atom stereocenters. The summed E-state index contributed by atoms with van der Waals surface area (Å²) in [6.45, 7) is 2.20. The first-order valence-electron chi connectivity index (χ1n) is 5.54. The van der Waals surface area contributed by atoms with E-state index in [2.05, 4.69) is 29.8 Å². The fraction of sp³-hybridized carbons (Fsp3) is 0.667. The molecule has 1 aromatic heterocycles. The average Bonchev–Trinajstić information content (AvgIpc) is 2.75. The summed E-state index contributed by atoms with van der Waals surface area (Å²) in [5, 5.41) is 5.49. The average molecular weight is 227 g/mol. The van der Waals surface area contributed by atoms with Crippen LogP contribution in [0.1, 0.15) is 24.6 Å². The Morgan fingerprint density at radius 1 is 1.53 bits per heavy atom. The summed E-state index contributed by atoms with van der Waals surface area (Å²) in [4.78, 5) is 1.42. The van der Waals surface area contributed by atoms with E-state index in [0.717, 1.165) is 12.8 Å². The highest BCUT2D eigenvalue weighted by Crippen LogP contribution is 2.15. The maximum absolute atomic E-state index is 5.53. The van der Waals surface area contributed by atoms with Crippen molar-refractivity contribution < 1.29 is 4.74 Å². The van der Waals surface area contributed by atoms with Gasteiger partial charge in [0.2, 0.25) is 0 Å². The van der Waals surface area contributed by atoms with Crippen LogP contribution in [0.25, 0.3) is 0 Å². The van der Waals surface area contributed by atoms with E-state index in [9.17, 15) is 0 Å². The Morgan fingerprint density at radius 2 is 2.33 bits per heavy atom. The summed E-state index contributed by atoms with van der Waals surface area (Å²) in [5.74, 6) is 0. The molecule has 0 fully saturated rings. The van der Waals surface area contributed by atoms with Gasteiger partial charge in [-0.25, -0.2) is 0 Å². The molecule has 0 aliphatic carbocycles. The smallest absolute Gasteiger partial charge is 0.0727 e. The van der Waals surface area contributed by atoms with Gasteiger partial charge >= 0.3 is 0 Å². The van der Waals surface area contributed by atoms with Crippen LogP contribution in [0.4, 0.5) is 0 Å². The zero-order valence-corrected chi connectivity index (χ0v) is 10.6. The van der Waals surface area contributed by atoms with E-state index in [0.29, 0.717) is 12.1 Å². The third-order valence-electron chi connectivity index (χ3n) is 2.70. The fourth-order valence-electron chi connectivity index (χ4n) is 1.83. The largest absolute Gasteiger partial charge is 0.380 e. The predicted octanol–water partition coefficient (Wildman–Crippen LogP) is 2.69. The van der Waals surface area contributed by atoms with Crippen LogP contribution in [-0.4, -0.2) is 26.3 Å². The maximum atomic E-state index is 5.53. The minimum absolute atomic E-state index is 0.321. The first-order valence-corrected chi connectivity index (χ1v) is 6.42. The van der Waals surface area contributed by atoms with Gasteiger partial charge in [0.15, 0.2) is 0 Å². The van der Waals surface area contributed by atoms with E-state index >= 15 is 0 Å². The zero-order chi connectivity index (χ0) is 11.1. The number of rotatable bonds is 7. The number of hydrogen-bond acceptors (Lipinski definition) is 3. The number of hydrogen-bond donors (Lipinski definition) is 1. The summed E-state index contributed by atoms with van der Waals surface area (Å²) in [5.41, 5.74) is 0. The van der Waals surface area contributed by atoms with Crippen LogP contribution in [0.5, 0.6) is 0 Å². The van der Waals surface area contributed by atoms with Crippen LogP contribution >= 0.6 is 11.3 Å². The molecule has 1 rings (SSSR count). The molecule has 0 aliphatic rings. The van der Waals surface area contributed by atoms with Gasteiger partial charge in [0, 0.05) is 18.0 Å². The predicted molar refractivity (Wildman–Crippen MR) is 66.6 cm³/mol. The SMILES string of the molecule is CCCC(OC)C(Cc1cccs1)NC. The van der Waals surface area contributed by atoms with Gasteiger partial charge in [-0.15, -0.1) is 11.3 Å². The van der Waals surface area contributed by atoms with Crippen molar-refractivity contribution in [1.82, 2.24) is 5.32 Å². The van der Waals surface area contributed by atoms with Crippen LogP contribution in [0, 0.1) is 0 Å². The summed E-state index contributed by atoms with van der Waals surface area (Å²) in [6.07, 6.45) is 3.67. The van der Waals surface area contributed by atoms with E-state index in [1.807, 2.05) is 18.4 Å². The van der Waals surface area contributed by atoms with Gasteiger partial charge < -0.3 is 10.1 Å². The molecule has 0 saturated carbocycles. The van der Waals surface area contributed by atoms with Crippen molar-refractivity contribution in [2.75, 3.05) is 14.2 Å². The Morgan fingerprint density at radius 3 is 2.80 bits per heavy atom. The summed E-state index contributed by atoms with van der Waals surface area (Å²) in [6, 6.07) is 4.72. The van der Waals surface area contributed by atoms with Crippen molar-refractivity contribution in [2.24, 2.45) is 0 Å². The lowest BCUT2D eigenvalue weighted by atomic mass is 10.0. The van der Waals surface area contributed by atoms with Gasteiger partial charge in [0.05, 0.1) is 6.10 Å². The Hall–Kier alpha value is -0.380. The van der Waals surface area contributed by atoms with Crippen molar-refractivity contribution in [2.45, 2.75) is 38.3 Å². The second-order valence-electron chi connectivity index (χ2n) is 3.74. The van der Waals surface area contributed by atoms with Gasteiger partial charge in [0.25, 0.3) is 0 Å². The number of likely N-dealkylation sites (N-methyl/N-ethyl adjacent to an activating group) is 1. The zero-order valence-electron chi connectivity index (χ0n) is 9.82. The Balaban J connectivity index is 2.53. The molecule has 15 heavy (non-hydrogen) atoms.